The summed E-state index contributed by atoms with van der Waals surface area (Å²) in [7, 11) is 0. The predicted octanol–water partition coefficient (Wildman–Crippen LogP) is 3.89. The lowest BCUT2D eigenvalue weighted by Gasteiger charge is -2.09. The normalized spacial score (nSPS) is 14.8. The van der Waals surface area contributed by atoms with Crippen molar-refractivity contribution >= 4 is 39.2 Å². The van der Waals surface area contributed by atoms with Gasteiger partial charge in [0.25, 0.3) is 5.91 Å². The number of anilines is 1. The van der Waals surface area contributed by atoms with Gasteiger partial charge in [-0.05, 0) is 49.2 Å². The van der Waals surface area contributed by atoms with Crippen LogP contribution in [0.4, 0.5) is 5.69 Å². The van der Waals surface area contributed by atoms with Crippen LogP contribution in [0.25, 0.3) is 11.6 Å². The fourth-order valence-corrected chi connectivity index (χ4v) is 3.02. The van der Waals surface area contributed by atoms with E-state index >= 15 is 0 Å². The van der Waals surface area contributed by atoms with E-state index in [9.17, 15) is 4.79 Å². The minimum absolute atomic E-state index is 0.142. The second-order valence-corrected chi connectivity index (χ2v) is 6.28. The quantitative estimate of drug-likeness (QED) is 0.633. The number of fused-ring (bicyclic) bond motifs is 1. The highest BCUT2D eigenvalue weighted by molar-refractivity contribution is 9.10. The molecule has 1 heterocycles. The fourth-order valence-electron chi connectivity index (χ4n) is 2.69. The zero-order chi connectivity index (χ0) is 16.6. The van der Waals surface area contributed by atoms with Crippen molar-refractivity contribution in [1.82, 2.24) is 0 Å². The zero-order valence-corrected chi connectivity index (χ0v) is 14.4. The largest absolute Gasteiger partial charge is 0.467 e. The Morgan fingerprint density at radius 1 is 1.26 bits per heavy atom. The van der Waals surface area contributed by atoms with E-state index < -0.39 is 6.79 Å². The maximum atomic E-state index is 12.4. The molecule has 1 aliphatic rings. The van der Waals surface area contributed by atoms with E-state index in [1.807, 2.05) is 44.2 Å². The Bertz CT molecular complexity index is 827. The van der Waals surface area contributed by atoms with Crippen molar-refractivity contribution in [1.29, 1.82) is 0 Å². The van der Waals surface area contributed by atoms with Gasteiger partial charge in [-0.3, -0.25) is 4.79 Å². The summed E-state index contributed by atoms with van der Waals surface area (Å²) in [6.45, 7) is 3.50. The summed E-state index contributed by atoms with van der Waals surface area (Å²) in [6, 6.07) is 9.46. The number of aliphatic hydroxyl groups excluding tert-OH is 1. The minimum atomic E-state index is -0.410. The molecule has 0 bridgehead atoms. The molecule has 0 aromatic heterocycles. The lowest BCUT2D eigenvalue weighted by atomic mass is 9.99. The van der Waals surface area contributed by atoms with Crippen molar-refractivity contribution in [2.75, 3.05) is 12.1 Å². The van der Waals surface area contributed by atoms with Gasteiger partial charge in [0.1, 0.15) is 5.75 Å². The van der Waals surface area contributed by atoms with Crippen LogP contribution >= 0.6 is 15.9 Å². The maximum Gasteiger partial charge on any atom is 0.256 e. The summed E-state index contributed by atoms with van der Waals surface area (Å²) in [4.78, 5) is 12.4. The molecule has 1 amide bonds. The number of benzene rings is 2. The van der Waals surface area contributed by atoms with Crippen LogP contribution in [0.5, 0.6) is 5.75 Å². The van der Waals surface area contributed by atoms with E-state index in [1.165, 1.54) is 0 Å². The number of nitrogens with one attached hydrogen (secondary N) is 1. The molecule has 3 rings (SSSR count). The summed E-state index contributed by atoms with van der Waals surface area (Å²) in [6.07, 6.45) is 1.80. The van der Waals surface area contributed by atoms with Crippen LogP contribution in [-0.2, 0) is 4.79 Å². The molecule has 5 heteroatoms. The van der Waals surface area contributed by atoms with Gasteiger partial charge >= 0.3 is 0 Å². The van der Waals surface area contributed by atoms with Crippen molar-refractivity contribution in [2.45, 2.75) is 13.8 Å². The van der Waals surface area contributed by atoms with Gasteiger partial charge in [-0.25, -0.2) is 0 Å². The van der Waals surface area contributed by atoms with E-state index in [0.717, 1.165) is 32.4 Å². The van der Waals surface area contributed by atoms with E-state index in [1.54, 1.807) is 6.08 Å². The molecular formula is C18H16BrNO3. The average molecular weight is 374 g/mol. The maximum absolute atomic E-state index is 12.4. The van der Waals surface area contributed by atoms with Gasteiger partial charge in [-0.15, -0.1) is 0 Å². The van der Waals surface area contributed by atoms with E-state index in [2.05, 4.69) is 21.2 Å². The number of carbonyl (C=O) groups is 1. The van der Waals surface area contributed by atoms with Crippen LogP contribution in [-0.4, -0.2) is 17.8 Å². The highest BCUT2D eigenvalue weighted by Crippen LogP contribution is 2.39. The molecule has 0 aliphatic carbocycles. The first-order chi connectivity index (χ1) is 11.0. The third-order valence-electron chi connectivity index (χ3n) is 3.85. The lowest BCUT2D eigenvalue weighted by molar-refractivity contribution is -0.110. The monoisotopic (exact) mass is 373 g/mol. The molecule has 4 nitrogen and oxygen atoms in total. The number of aliphatic hydroxyl groups is 1. The number of ether oxygens (including phenoxy) is 1. The van der Waals surface area contributed by atoms with Gasteiger partial charge in [0.2, 0.25) is 0 Å². The molecule has 2 aromatic carbocycles. The molecule has 0 unspecified atom stereocenters. The molecule has 0 atom stereocenters. The number of rotatable bonds is 3. The number of aryl methyl sites for hydroxylation is 1. The molecule has 0 radical (unpaired) electrons. The van der Waals surface area contributed by atoms with Gasteiger partial charge in [0, 0.05) is 21.3 Å². The second kappa shape index (κ2) is 6.18. The molecule has 2 N–H and O–H groups in total. The lowest BCUT2D eigenvalue weighted by Crippen LogP contribution is -2.04. The Hall–Kier alpha value is -2.11. The smallest absolute Gasteiger partial charge is 0.256 e. The van der Waals surface area contributed by atoms with E-state index in [-0.39, 0.29) is 5.91 Å². The number of hydrogen-bond acceptors (Lipinski definition) is 3. The molecule has 0 saturated heterocycles. The minimum Gasteiger partial charge on any atom is -0.467 e. The Morgan fingerprint density at radius 3 is 2.78 bits per heavy atom. The predicted molar refractivity (Wildman–Crippen MR) is 94.3 cm³/mol. The van der Waals surface area contributed by atoms with Crippen LogP contribution in [0, 0.1) is 13.8 Å². The van der Waals surface area contributed by atoms with Crippen LogP contribution in [0.1, 0.15) is 22.3 Å². The van der Waals surface area contributed by atoms with Crippen LogP contribution in [0.3, 0.4) is 0 Å². The summed E-state index contributed by atoms with van der Waals surface area (Å²) in [5, 5.41) is 11.9. The van der Waals surface area contributed by atoms with Gasteiger partial charge in [0.15, 0.2) is 6.79 Å². The highest BCUT2D eigenvalue weighted by Gasteiger charge is 2.27. The third kappa shape index (κ3) is 2.90. The van der Waals surface area contributed by atoms with Gasteiger partial charge < -0.3 is 15.2 Å². The summed E-state index contributed by atoms with van der Waals surface area (Å²) in [5.41, 5.74) is 5.06. The molecule has 0 saturated carbocycles. The number of carbonyl (C=O) groups excluding carboxylic acids is 1. The summed E-state index contributed by atoms with van der Waals surface area (Å²) >= 11 is 3.51. The topological polar surface area (TPSA) is 58.6 Å². The summed E-state index contributed by atoms with van der Waals surface area (Å²) in [5.74, 6) is 0.408. The number of halogens is 1. The first kappa shape index (κ1) is 15.8. The standard InChI is InChI=1S/C18H16BrNO3/c1-10-3-4-12(16(7-10)23-9-21)8-13-17-11(2)14(19)5-6-15(17)20-18(13)22/h3-8,21H,9H2,1-2H3,(H,20,22). The van der Waals surface area contributed by atoms with Crippen molar-refractivity contribution < 1.29 is 14.6 Å². The first-order valence-electron chi connectivity index (χ1n) is 7.18. The molecule has 23 heavy (non-hydrogen) atoms. The average Bonchev–Trinajstić information content (AvgIpc) is 2.83. The molecule has 1 aliphatic heterocycles. The molecule has 0 spiro atoms. The second-order valence-electron chi connectivity index (χ2n) is 5.42. The van der Waals surface area contributed by atoms with E-state index in [4.69, 9.17) is 9.84 Å². The van der Waals surface area contributed by atoms with Crippen LogP contribution in [0.2, 0.25) is 0 Å². The Morgan fingerprint density at radius 2 is 2.04 bits per heavy atom. The number of hydrogen-bond donors (Lipinski definition) is 2. The molecule has 0 fully saturated rings. The SMILES string of the molecule is Cc1ccc(C=C2C(=O)Nc3ccc(Br)c(C)c32)c(OCO)c1. The Labute approximate surface area is 142 Å². The van der Waals surface area contributed by atoms with Crippen molar-refractivity contribution in [3.63, 3.8) is 0 Å². The van der Waals surface area contributed by atoms with Gasteiger partial charge in [-0.2, -0.15) is 0 Å². The van der Waals surface area contributed by atoms with Crippen molar-refractivity contribution in [3.05, 3.63) is 57.1 Å². The summed E-state index contributed by atoms with van der Waals surface area (Å²) < 4.78 is 6.23. The Balaban J connectivity index is 2.15. The van der Waals surface area contributed by atoms with Crippen molar-refractivity contribution in [2.24, 2.45) is 0 Å². The fraction of sp³-hybridized carbons (Fsp3) is 0.167. The van der Waals surface area contributed by atoms with Crippen LogP contribution in [0.15, 0.2) is 34.8 Å². The number of amides is 1. The van der Waals surface area contributed by atoms with Gasteiger partial charge in [-0.1, -0.05) is 28.1 Å². The van der Waals surface area contributed by atoms with Crippen molar-refractivity contribution in [3.8, 4) is 5.75 Å². The first-order valence-corrected chi connectivity index (χ1v) is 7.97. The zero-order valence-electron chi connectivity index (χ0n) is 12.8. The highest BCUT2D eigenvalue weighted by atomic mass is 79.9. The van der Waals surface area contributed by atoms with Crippen LogP contribution < -0.4 is 10.1 Å². The Kier molecular flexibility index (Phi) is 4.24. The molecule has 118 valence electrons. The third-order valence-corrected chi connectivity index (χ3v) is 4.71. The molecule has 2 aromatic rings. The molecular weight excluding hydrogens is 358 g/mol. The van der Waals surface area contributed by atoms with Gasteiger partial charge in [0.05, 0.1) is 5.57 Å². The van der Waals surface area contributed by atoms with E-state index in [0.29, 0.717) is 11.3 Å².